The Morgan fingerprint density at radius 2 is 1.48 bits per heavy atom. The largest absolute Gasteiger partial charge is 0.392 e. The number of rotatable bonds is 6. The quantitative estimate of drug-likeness (QED) is 0.817. The minimum atomic E-state index is -0.365. The zero-order chi connectivity index (χ0) is 15.3. The molecule has 1 nitrogen and oxygen atoms in total. The SMILES string of the molecule is CCC(CC)(c1ccccc1)C(O)Cc1ccccc1C. The average molecular weight is 282 g/mol. The van der Waals surface area contributed by atoms with E-state index in [2.05, 4.69) is 69.3 Å². The highest BCUT2D eigenvalue weighted by molar-refractivity contribution is 5.31. The highest BCUT2D eigenvalue weighted by atomic mass is 16.3. The molecule has 0 aromatic heterocycles. The van der Waals surface area contributed by atoms with Gasteiger partial charge in [-0.25, -0.2) is 0 Å². The molecule has 0 radical (unpaired) electrons. The molecule has 21 heavy (non-hydrogen) atoms. The molecule has 112 valence electrons. The van der Waals surface area contributed by atoms with Crippen LogP contribution in [0.1, 0.15) is 43.4 Å². The molecule has 2 rings (SSSR count). The van der Waals surface area contributed by atoms with Crippen molar-refractivity contribution in [2.75, 3.05) is 0 Å². The van der Waals surface area contributed by atoms with Gasteiger partial charge in [0.2, 0.25) is 0 Å². The van der Waals surface area contributed by atoms with Crippen molar-refractivity contribution in [1.82, 2.24) is 0 Å². The van der Waals surface area contributed by atoms with Crippen molar-refractivity contribution in [3.8, 4) is 0 Å². The normalized spacial score (nSPS) is 13.1. The summed E-state index contributed by atoms with van der Waals surface area (Å²) in [7, 11) is 0. The van der Waals surface area contributed by atoms with Crippen LogP contribution in [-0.4, -0.2) is 11.2 Å². The Morgan fingerprint density at radius 1 is 0.905 bits per heavy atom. The lowest BCUT2D eigenvalue weighted by molar-refractivity contribution is 0.0732. The highest BCUT2D eigenvalue weighted by Crippen LogP contribution is 2.36. The summed E-state index contributed by atoms with van der Waals surface area (Å²) in [6.07, 6.45) is 2.24. The lowest BCUT2D eigenvalue weighted by Gasteiger charge is -2.37. The fraction of sp³-hybridized carbons (Fsp3) is 0.400. The van der Waals surface area contributed by atoms with Crippen LogP contribution in [0.5, 0.6) is 0 Å². The van der Waals surface area contributed by atoms with Gasteiger partial charge in [0, 0.05) is 5.41 Å². The number of aliphatic hydroxyl groups excluding tert-OH is 1. The van der Waals surface area contributed by atoms with Crippen LogP contribution < -0.4 is 0 Å². The number of aliphatic hydroxyl groups is 1. The van der Waals surface area contributed by atoms with Gasteiger partial charge in [-0.2, -0.15) is 0 Å². The van der Waals surface area contributed by atoms with Crippen molar-refractivity contribution in [3.05, 3.63) is 71.3 Å². The number of aryl methyl sites for hydroxylation is 1. The lowest BCUT2D eigenvalue weighted by atomic mass is 9.70. The van der Waals surface area contributed by atoms with Gasteiger partial charge in [-0.15, -0.1) is 0 Å². The van der Waals surface area contributed by atoms with Gasteiger partial charge in [0.05, 0.1) is 6.10 Å². The summed E-state index contributed by atoms with van der Waals surface area (Å²) in [6, 6.07) is 18.8. The van der Waals surface area contributed by atoms with Crippen molar-refractivity contribution < 1.29 is 5.11 Å². The van der Waals surface area contributed by atoms with E-state index in [9.17, 15) is 5.11 Å². The van der Waals surface area contributed by atoms with Gasteiger partial charge in [0.15, 0.2) is 0 Å². The van der Waals surface area contributed by atoms with Crippen molar-refractivity contribution in [2.24, 2.45) is 0 Å². The number of hydrogen-bond acceptors (Lipinski definition) is 1. The van der Waals surface area contributed by atoms with Crippen LogP contribution in [0.3, 0.4) is 0 Å². The maximum atomic E-state index is 11.0. The Bertz CT molecular complexity index is 555. The van der Waals surface area contributed by atoms with E-state index in [1.165, 1.54) is 16.7 Å². The third-order valence-electron chi connectivity index (χ3n) is 4.92. The Morgan fingerprint density at radius 3 is 2.05 bits per heavy atom. The number of hydrogen-bond donors (Lipinski definition) is 1. The second-order valence-corrected chi connectivity index (χ2v) is 5.88. The molecule has 0 bridgehead atoms. The van der Waals surface area contributed by atoms with Crippen molar-refractivity contribution in [1.29, 1.82) is 0 Å². The van der Waals surface area contributed by atoms with Gasteiger partial charge < -0.3 is 5.11 Å². The summed E-state index contributed by atoms with van der Waals surface area (Å²) in [4.78, 5) is 0. The molecular weight excluding hydrogens is 256 g/mol. The summed E-state index contributed by atoms with van der Waals surface area (Å²) in [5.41, 5.74) is 3.58. The molecule has 0 aliphatic heterocycles. The molecule has 2 aromatic carbocycles. The van der Waals surface area contributed by atoms with Gasteiger partial charge in [0.25, 0.3) is 0 Å². The van der Waals surface area contributed by atoms with Crippen LogP contribution in [0.2, 0.25) is 0 Å². The first-order chi connectivity index (χ1) is 10.1. The molecule has 1 atom stereocenters. The van der Waals surface area contributed by atoms with Gasteiger partial charge in [-0.05, 0) is 42.9 Å². The van der Waals surface area contributed by atoms with Crippen LogP contribution in [0.25, 0.3) is 0 Å². The molecule has 0 aliphatic rings. The minimum Gasteiger partial charge on any atom is -0.392 e. The average Bonchev–Trinajstić information content (AvgIpc) is 2.52. The van der Waals surface area contributed by atoms with E-state index in [1.807, 2.05) is 6.07 Å². The third-order valence-corrected chi connectivity index (χ3v) is 4.92. The molecule has 0 aliphatic carbocycles. The first-order valence-electron chi connectivity index (χ1n) is 7.92. The Kier molecular flexibility index (Phi) is 5.19. The maximum absolute atomic E-state index is 11.0. The van der Waals surface area contributed by atoms with Crippen molar-refractivity contribution in [2.45, 2.75) is 51.6 Å². The minimum absolute atomic E-state index is 0.163. The fourth-order valence-electron chi connectivity index (χ4n) is 3.33. The first kappa shape index (κ1) is 15.8. The van der Waals surface area contributed by atoms with E-state index in [1.54, 1.807) is 0 Å². The molecule has 0 spiro atoms. The molecule has 0 heterocycles. The first-order valence-corrected chi connectivity index (χ1v) is 7.92. The van der Waals surface area contributed by atoms with E-state index in [0.29, 0.717) is 6.42 Å². The molecule has 0 amide bonds. The zero-order valence-corrected chi connectivity index (χ0v) is 13.3. The predicted molar refractivity (Wildman–Crippen MR) is 89.6 cm³/mol. The van der Waals surface area contributed by atoms with E-state index < -0.39 is 0 Å². The molecule has 0 fully saturated rings. The van der Waals surface area contributed by atoms with E-state index in [-0.39, 0.29) is 11.5 Å². The lowest BCUT2D eigenvalue weighted by Crippen LogP contribution is -2.40. The van der Waals surface area contributed by atoms with Crippen LogP contribution in [0, 0.1) is 6.92 Å². The van der Waals surface area contributed by atoms with Gasteiger partial charge >= 0.3 is 0 Å². The van der Waals surface area contributed by atoms with E-state index in [0.717, 1.165) is 12.8 Å². The van der Waals surface area contributed by atoms with E-state index >= 15 is 0 Å². The summed E-state index contributed by atoms with van der Waals surface area (Å²) in [5, 5.41) is 11.0. The van der Waals surface area contributed by atoms with Gasteiger partial charge in [-0.1, -0.05) is 68.4 Å². The molecule has 2 aromatic rings. The van der Waals surface area contributed by atoms with Crippen molar-refractivity contribution in [3.63, 3.8) is 0 Å². The predicted octanol–water partition coefficient (Wildman–Crippen LogP) is 4.66. The molecule has 0 saturated carbocycles. The Hall–Kier alpha value is -1.60. The monoisotopic (exact) mass is 282 g/mol. The summed E-state index contributed by atoms with van der Waals surface area (Å²) in [6.45, 7) is 6.47. The third kappa shape index (κ3) is 3.19. The van der Waals surface area contributed by atoms with Crippen LogP contribution in [0.4, 0.5) is 0 Å². The molecule has 1 N–H and O–H groups in total. The van der Waals surface area contributed by atoms with Crippen molar-refractivity contribution >= 4 is 0 Å². The van der Waals surface area contributed by atoms with Gasteiger partial charge in [0.1, 0.15) is 0 Å². The molecule has 1 heteroatoms. The van der Waals surface area contributed by atoms with E-state index in [4.69, 9.17) is 0 Å². The standard InChI is InChI=1S/C20H26O/c1-4-20(5-2,18-13-7-6-8-14-18)19(21)15-17-12-10-9-11-16(17)3/h6-14,19,21H,4-5,15H2,1-3H3. The van der Waals surface area contributed by atoms with Crippen LogP contribution >= 0.6 is 0 Å². The molecule has 0 saturated heterocycles. The molecular formula is C20H26O. The second-order valence-electron chi connectivity index (χ2n) is 5.88. The van der Waals surface area contributed by atoms with Gasteiger partial charge in [-0.3, -0.25) is 0 Å². The maximum Gasteiger partial charge on any atom is 0.0676 e. The Balaban J connectivity index is 2.32. The number of benzene rings is 2. The summed E-state index contributed by atoms with van der Waals surface area (Å²) < 4.78 is 0. The molecule has 1 unspecified atom stereocenters. The smallest absolute Gasteiger partial charge is 0.0676 e. The summed E-state index contributed by atoms with van der Waals surface area (Å²) in [5.74, 6) is 0. The highest BCUT2D eigenvalue weighted by Gasteiger charge is 2.36. The topological polar surface area (TPSA) is 20.2 Å². The van der Waals surface area contributed by atoms with Crippen LogP contribution in [-0.2, 0) is 11.8 Å². The zero-order valence-electron chi connectivity index (χ0n) is 13.3. The second kappa shape index (κ2) is 6.91. The van der Waals surface area contributed by atoms with Crippen LogP contribution in [0.15, 0.2) is 54.6 Å². The fourth-order valence-corrected chi connectivity index (χ4v) is 3.33. The summed E-state index contributed by atoms with van der Waals surface area (Å²) >= 11 is 0. The Labute approximate surface area is 128 Å².